The lowest BCUT2D eigenvalue weighted by Crippen LogP contribution is -2.36. The average Bonchev–Trinajstić information content (AvgIpc) is 1.52. The summed E-state index contributed by atoms with van der Waals surface area (Å²) in [6, 6.07) is 29.4. The fourth-order valence-corrected chi connectivity index (χ4v) is 13.8. The van der Waals surface area contributed by atoms with Crippen LogP contribution in [0.3, 0.4) is 0 Å². The number of rotatable bonds is 19. The number of carbonyl (C=O) groups is 7. The van der Waals surface area contributed by atoms with E-state index in [9.17, 15) is 55.5 Å². The van der Waals surface area contributed by atoms with Crippen LogP contribution < -0.4 is 0 Å². The zero-order chi connectivity index (χ0) is 64.2. The number of carboxylic acid groups (broad SMARTS) is 1. The number of furan rings is 2. The summed E-state index contributed by atoms with van der Waals surface area (Å²) < 4.78 is 69.4. The van der Waals surface area contributed by atoms with Crippen LogP contribution >= 0.6 is 46.4 Å². The van der Waals surface area contributed by atoms with Crippen LogP contribution in [0.4, 0.5) is 0 Å². The largest absolute Gasteiger partial charge is 0.481 e. The lowest BCUT2D eigenvalue weighted by Gasteiger charge is -2.30. The average molecular weight is 1330 g/mol. The summed E-state index contributed by atoms with van der Waals surface area (Å²) in [6.45, 7) is 4.15. The third kappa shape index (κ3) is 15.4. The Kier molecular flexibility index (Phi) is 20.3. The topological polar surface area (TPSA) is 259 Å². The first kappa shape index (κ1) is 65.6. The molecule has 0 spiro atoms. The Morgan fingerprint density at radius 2 is 1.02 bits per heavy atom. The maximum absolute atomic E-state index is 13.8. The van der Waals surface area contributed by atoms with E-state index in [1.165, 1.54) is 37.3 Å². The highest BCUT2D eigenvalue weighted by atomic mass is 35.5. The molecular formula is C65H58Cl4N2O16S2. The Morgan fingerprint density at radius 1 is 0.584 bits per heavy atom. The summed E-state index contributed by atoms with van der Waals surface area (Å²) in [5.74, 6) is -6.24. The number of carbonyl (C=O) groups excluding carboxylic acids is 6. The van der Waals surface area contributed by atoms with Crippen LogP contribution in [0, 0.1) is 11.8 Å². The van der Waals surface area contributed by atoms with E-state index in [1.807, 2.05) is 24.3 Å². The zero-order valence-corrected chi connectivity index (χ0v) is 53.0. The standard InChI is InChI=1S/C35H33Cl2NO9S.C30H25Cl2NO7S/c1-4-31(40)46-20(2)47-35(42)24(14-21-6-5-7-26(15-21)48(3,43)44)17-29(39)32-28(36)16-25-19-38(12-10-27(25)33(32)37)34(41)23-9-8-22-11-13-45-30(22)18-23;1-41(38,39)22-4-2-3-17(12-22)11-20(30(36)37)14-25(34)27-24(31)13-21-16-33(9-7-23(21)28(27)32)29(35)19-6-5-18-8-10-40-26(18)15-19/h5-9,11,13,15-16,18,20,24H,4,10,12,14,17,19H2,1-3H3;2-6,8,10,12-13,15,20H,7,9,11,14,16H2,1H3,(H,36,37)/t20?,24-;20-/m11/s1. The van der Waals surface area contributed by atoms with Crippen LogP contribution in [0.1, 0.15) is 108 Å². The molecule has 3 atom stereocenters. The molecule has 89 heavy (non-hydrogen) atoms. The van der Waals surface area contributed by atoms with E-state index in [2.05, 4.69) is 0 Å². The predicted octanol–water partition coefficient (Wildman–Crippen LogP) is 12.5. The molecule has 24 heteroatoms. The molecule has 18 nitrogen and oxygen atoms in total. The van der Waals surface area contributed by atoms with Crippen molar-refractivity contribution in [3.8, 4) is 0 Å². The van der Waals surface area contributed by atoms with Crippen LogP contribution in [-0.2, 0) is 82.3 Å². The van der Waals surface area contributed by atoms with Crippen molar-refractivity contribution in [2.24, 2.45) is 11.8 Å². The summed E-state index contributed by atoms with van der Waals surface area (Å²) >= 11 is 26.7. The van der Waals surface area contributed by atoms with Gasteiger partial charge in [-0.1, -0.05) is 89.7 Å². The van der Waals surface area contributed by atoms with Gasteiger partial charge in [0.15, 0.2) is 31.2 Å². The van der Waals surface area contributed by atoms with E-state index >= 15 is 0 Å². The number of esters is 2. The van der Waals surface area contributed by atoms with Gasteiger partial charge in [0.25, 0.3) is 11.8 Å². The van der Waals surface area contributed by atoms with Crippen molar-refractivity contribution in [1.29, 1.82) is 0 Å². The Bertz CT molecular complexity index is 4390. The van der Waals surface area contributed by atoms with E-state index in [1.54, 1.807) is 83.8 Å². The van der Waals surface area contributed by atoms with Crippen molar-refractivity contribution in [1.82, 2.24) is 9.80 Å². The van der Waals surface area contributed by atoms with Crippen molar-refractivity contribution in [2.75, 3.05) is 25.6 Å². The number of Topliss-reactive ketones (excluding diaryl/α,β-unsaturated/α-hetero) is 2. The summed E-state index contributed by atoms with van der Waals surface area (Å²) in [5, 5.41) is 12.1. The number of amides is 2. The van der Waals surface area contributed by atoms with Crippen LogP contribution in [-0.4, -0.2) is 105 Å². The number of ketones is 2. The van der Waals surface area contributed by atoms with Crippen LogP contribution in [0.5, 0.6) is 0 Å². The second-order valence-electron chi connectivity index (χ2n) is 21.8. The third-order valence-corrected chi connectivity index (χ3v) is 19.0. The van der Waals surface area contributed by atoms with Gasteiger partial charge in [0, 0.05) is 86.8 Å². The molecule has 2 aromatic heterocycles. The molecule has 2 amide bonds. The molecule has 2 aliphatic heterocycles. The number of benzene rings is 6. The van der Waals surface area contributed by atoms with E-state index in [-0.39, 0.29) is 98.0 Å². The van der Waals surface area contributed by atoms with Gasteiger partial charge in [-0.15, -0.1) is 0 Å². The van der Waals surface area contributed by atoms with Crippen molar-refractivity contribution >= 4 is 129 Å². The van der Waals surface area contributed by atoms with Crippen molar-refractivity contribution < 1.29 is 73.8 Å². The second-order valence-corrected chi connectivity index (χ2v) is 27.4. The maximum atomic E-state index is 13.8. The van der Waals surface area contributed by atoms with E-state index in [0.29, 0.717) is 81.6 Å². The minimum absolute atomic E-state index is 0.0354. The summed E-state index contributed by atoms with van der Waals surface area (Å²) in [4.78, 5) is 94.3. The Labute approximate surface area is 532 Å². The Balaban J connectivity index is 0.000000214. The predicted molar refractivity (Wildman–Crippen MR) is 333 cm³/mol. The summed E-state index contributed by atoms with van der Waals surface area (Å²) in [5.41, 5.74) is 6.00. The molecule has 6 aromatic carbocycles. The van der Waals surface area contributed by atoms with Crippen molar-refractivity contribution in [3.63, 3.8) is 0 Å². The van der Waals surface area contributed by atoms with Gasteiger partial charge in [-0.3, -0.25) is 33.6 Å². The molecule has 0 fully saturated rings. The number of nitrogens with zero attached hydrogens (tertiary/aromatic N) is 2. The summed E-state index contributed by atoms with van der Waals surface area (Å²) in [7, 11) is -7.02. The first-order valence-corrected chi connectivity index (χ1v) is 33.3. The molecule has 464 valence electrons. The van der Waals surface area contributed by atoms with Gasteiger partial charge in [-0.05, 0) is 132 Å². The molecule has 1 N–H and O–H groups in total. The van der Waals surface area contributed by atoms with E-state index in [4.69, 9.17) is 64.7 Å². The highest BCUT2D eigenvalue weighted by Crippen LogP contribution is 2.39. The maximum Gasteiger partial charge on any atom is 0.312 e. The quantitative estimate of drug-likeness (QED) is 0.0448. The van der Waals surface area contributed by atoms with Gasteiger partial charge in [0.2, 0.25) is 6.29 Å². The molecule has 0 saturated heterocycles. The highest BCUT2D eigenvalue weighted by Gasteiger charge is 2.34. The first-order valence-electron chi connectivity index (χ1n) is 28.0. The normalized spacial score (nSPS) is 14.2. The Morgan fingerprint density at radius 3 is 1.45 bits per heavy atom. The monoisotopic (exact) mass is 1330 g/mol. The number of hydrogen-bond acceptors (Lipinski definition) is 15. The molecule has 2 aliphatic rings. The number of fused-ring (bicyclic) bond motifs is 4. The van der Waals surface area contributed by atoms with Crippen molar-refractivity contribution in [3.05, 3.63) is 197 Å². The molecule has 10 rings (SSSR count). The number of carboxylic acids is 1. The minimum Gasteiger partial charge on any atom is -0.481 e. The highest BCUT2D eigenvalue weighted by molar-refractivity contribution is 7.91. The smallest absolute Gasteiger partial charge is 0.312 e. The Hall–Kier alpha value is -7.85. The second kappa shape index (κ2) is 27.5. The SMILES string of the molecule is CCC(=O)OC(C)OC(=O)[C@@H](CC(=O)c1c(Cl)cc2c(c1Cl)CCN(C(=O)c1ccc3ccoc3c1)C2)Cc1cccc(S(C)(=O)=O)c1.CS(=O)(=O)c1cccc(C[C@H](CC(=O)c2c(Cl)cc3c(c2Cl)CCN(C(=O)c2ccc4ccoc4c2)C3)C(=O)O)c1. The molecule has 0 radical (unpaired) electrons. The van der Waals surface area contributed by atoms with Crippen molar-refractivity contribution in [2.45, 2.75) is 88.0 Å². The molecular weight excluding hydrogens is 1270 g/mol. The molecule has 0 bridgehead atoms. The van der Waals surface area contributed by atoms with Gasteiger partial charge in [0.1, 0.15) is 11.2 Å². The molecule has 4 heterocycles. The van der Waals surface area contributed by atoms with E-state index < -0.39 is 67.3 Å². The summed E-state index contributed by atoms with van der Waals surface area (Å²) in [6.07, 6.45) is 4.01. The number of aliphatic carboxylic acids is 1. The van der Waals surface area contributed by atoms with Gasteiger partial charge in [0.05, 0.1) is 65.4 Å². The zero-order valence-electron chi connectivity index (χ0n) is 48.4. The van der Waals surface area contributed by atoms with E-state index in [0.717, 1.165) is 23.3 Å². The van der Waals surface area contributed by atoms with Crippen LogP contribution in [0.2, 0.25) is 20.1 Å². The first-order chi connectivity index (χ1) is 42.2. The number of hydrogen-bond donors (Lipinski definition) is 1. The van der Waals surface area contributed by atoms with Gasteiger partial charge in [-0.25, -0.2) is 16.8 Å². The minimum atomic E-state index is -3.54. The fraction of sp³-hybridized carbons (Fsp3) is 0.277. The van der Waals surface area contributed by atoms with Crippen LogP contribution in [0.25, 0.3) is 21.9 Å². The molecule has 0 aliphatic carbocycles. The molecule has 1 unspecified atom stereocenters. The molecule has 0 saturated carbocycles. The number of halogens is 4. The van der Waals surface area contributed by atoms with Gasteiger partial charge >= 0.3 is 17.9 Å². The lowest BCUT2D eigenvalue weighted by molar-refractivity contribution is -0.187. The molecule has 8 aromatic rings. The van der Waals surface area contributed by atoms with Gasteiger partial charge in [-0.2, -0.15) is 0 Å². The number of ether oxygens (including phenoxy) is 2. The van der Waals surface area contributed by atoms with Crippen LogP contribution in [0.15, 0.2) is 140 Å². The van der Waals surface area contributed by atoms with Gasteiger partial charge < -0.3 is 33.2 Å². The lowest BCUT2D eigenvalue weighted by atomic mass is 9.89. The third-order valence-electron chi connectivity index (χ3n) is 15.4. The fourth-order valence-electron chi connectivity index (χ4n) is 10.8. The number of sulfone groups is 2.